The summed E-state index contributed by atoms with van der Waals surface area (Å²) in [5, 5.41) is 5.93. The molecule has 0 saturated carbocycles. The van der Waals surface area contributed by atoms with Crippen molar-refractivity contribution in [1.29, 1.82) is 0 Å². The van der Waals surface area contributed by atoms with Gasteiger partial charge in [-0.15, -0.1) is 0 Å². The minimum Gasteiger partial charge on any atom is -0.325 e. The van der Waals surface area contributed by atoms with Crippen molar-refractivity contribution in [1.82, 2.24) is 4.90 Å². The molecule has 2 aromatic rings. The van der Waals surface area contributed by atoms with E-state index in [1.165, 1.54) is 0 Å². The van der Waals surface area contributed by atoms with Crippen LogP contribution in [0.1, 0.15) is 44.2 Å². The van der Waals surface area contributed by atoms with E-state index < -0.39 is 0 Å². The summed E-state index contributed by atoms with van der Waals surface area (Å²) < 4.78 is 0. The van der Waals surface area contributed by atoms with E-state index in [4.69, 9.17) is 0 Å². The lowest BCUT2D eigenvalue weighted by Gasteiger charge is -2.21. The first-order chi connectivity index (χ1) is 13.4. The minimum absolute atomic E-state index is 0.106. The van der Waals surface area contributed by atoms with Gasteiger partial charge in [-0.1, -0.05) is 57.2 Å². The standard InChI is InChI=1S/C23H31N3O2/c1-5-14-26(15-22(27)24-20-12-8-6-10-18(20)4)16-23(28)25-21-13-9-7-11-19(21)17(2)3/h6-13,17H,5,14-16H2,1-4H3,(H,24,27)(H,25,28). The van der Waals surface area contributed by atoms with Gasteiger partial charge in [0.25, 0.3) is 0 Å². The van der Waals surface area contributed by atoms with Crippen molar-refractivity contribution in [3.8, 4) is 0 Å². The number of hydrogen-bond acceptors (Lipinski definition) is 3. The molecule has 28 heavy (non-hydrogen) atoms. The van der Waals surface area contributed by atoms with Gasteiger partial charge in [0, 0.05) is 11.4 Å². The highest BCUT2D eigenvalue weighted by molar-refractivity contribution is 5.95. The zero-order chi connectivity index (χ0) is 20.5. The van der Waals surface area contributed by atoms with Gasteiger partial charge >= 0.3 is 0 Å². The lowest BCUT2D eigenvalue weighted by molar-refractivity contribution is -0.120. The topological polar surface area (TPSA) is 61.4 Å². The van der Waals surface area contributed by atoms with Crippen molar-refractivity contribution in [3.05, 3.63) is 59.7 Å². The molecule has 5 nitrogen and oxygen atoms in total. The van der Waals surface area contributed by atoms with E-state index in [1.807, 2.05) is 67.3 Å². The Balaban J connectivity index is 1.97. The molecule has 0 aliphatic carbocycles. The number of hydrogen-bond donors (Lipinski definition) is 2. The molecule has 0 aliphatic rings. The first kappa shape index (κ1) is 21.6. The molecule has 0 aliphatic heterocycles. The highest BCUT2D eigenvalue weighted by Crippen LogP contribution is 2.23. The van der Waals surface area contributed by atoms with Gasteiger partial charge in [0.2, 0.25) is 11.8 Å². The molecule has 2 amide bonds. The second-order valence-electron chi connectivity index (χ2n) is 7.36. The van der Waals surface area contributed by atoms with Gasteiger partial charge in [-0.2, -0.15) is 0 Å². The van der Waals surface area contributed by atoms with Crippen LogP contribution in [0, 0.1) is 6.92 Å². The van der Waals surface area contributed by atoms with E-state index in [0.29, 0.717) is 12.5 Å². The number of benzene rings is 2. The SMILES string of the molecule is CCCN(CC(=O)Nc1ccccc1C)CC(=O)Nc1ccccc1C(C)C. The van der Waals surface area contributed by atoms with Crippen LogP contribution >= 0.6 is 0 Å². The van der Waals surface area contributed by atoms with Gasteiger partial charge in [-0.3, -0.25) is 14.5 Å². The molecule has 2 N–H and O–H groups in total. The third kappa shape index (κ3) is 6.50. The maximum atomic E-state index is 12.6. The molecular weight excluding hydrogens is 350 g/mol. The number of rotatable bonds is 9. The third-order valence-corrected chi connectivity index (χ3v) is 4.55. The van der Waals surface area contributed by atoms with E-state index >= 15 is 0 Å². The van der Waals surface area contributed by atoms with Crippen molar-refractivity contribution in [3.63, 3.8) is 0 Å². The molecule has 0 fully saturated rings. The van der Waals surface area contributed by atoms with Crippen LogP contribution in [-0.4, -0.2) is 36.3 Å². The number of carbonyl (C=O) groups excluding carboxylic acids is 2. The molecule has 5 heteroatoms. The summed E-state index contributed by atoms with van der Waals surface area (Å²) >= 11 is 0. The van der Waals surface area contributed by atoms with Gasteiger partial charge in [0.05, 0.1) is 13.1 Å². The molecule has 0 bridgehead atoms. The van der Waals surface area contributed by atoms with Gasteiger partial charge in [0.15, 0.2) is 0 Å². The number of amides is 2. The van der Waals surface area contributed by atoms with Crippen LogP contribution in [-0.2, 0) is 9.59 Å². The van der Waals surface area contributed by atoms with E-state index in [1.54, 1.807) is 0 Å². The summed E-state index contributed by atoms with van der Waals surface area (Å²) in [6.45, 7) is 9.25. The van der Waals surface area contributed by atoms with Crippen molar-refractivity contribution >= 4 is 23.2 Å². The van der Waals surface area contributed by atoms with Crippen LogP contribution in [0.2, 0.25) is 0 Å². The summed E-state index contributed by atoms with van der Waals surface area (Å²) in [4.78, 5) is 26.9. The molecule has 0 aromatic heterocycles. The average Bonchev–Trinajstić information content (AvgIpc) is 2.64. The molecule has 2 rings (SSSR count). The fourth-order valence-electron chi connectivity index (χ4n) is 3.14. The van der Waals surface area contributed by atoms with E-state index in [9.17, 15) is 9.59 Å². The highest BCUT2D eigenvalue weighted by Gasteiger charge is 2.16. The van der Waals surface area contributed by atoms with Crippen LogP contribution in [0.25, 0.3) is 0 Å². The predicted molar refractivity (Wildman–Crippen MR) is 116 cm³/mol. The number of aryl methyl sites for hydroxylation is 1. The maximum Gasteiger partial charge on any atom is 0.238 e. The fourth-order valence-corrected chi connectivity index (χ4v) is 3.14. The Hall–Kier alpha value is -2.66. The molecule has 0 unspecified atom stereocenters. The van der Waals surface area contributed by atoms with E-state index in [-0.39, 0.29) is 24.9 Å². The average molecular weight is 382 g/mol. The largest absolute Gasteiger partial charge is 0.325 e. The number of para-hydroxylation sites is 2. The van der Waals surface area contributed by atoms with Gasteiger partial charge < -0.3 is 10.6 Å². The van der Waals surface area contributed by atoms with Crippen molar-refractivity contribution in [2.75, 3.05) is 30.3 Å². The summed E-state index contributed by atoms with van der Waals surface area (Å²) in [7, 11) is 0. The molecule has 150 valence electrons. The molecular formula is C23H31N3O2. The Morgan fingerprint density at radius 3 is 2.00 bits per heavy atom. The number of nitrogens with one attached hydrogen (secondary N) is 2. The molecule has 0 radical (unpaired) electrons. The molecule has 0 spiro atoms. The Morgan fingerprint density at radius 1 is 0.893 bits per heavy atom. The number of nitrogens with zero attached hydrogens (tertiary/aromatic N) is 1. The number of anilines is 2. The van der Waals surface area contributed by atoms with Crippen LogP contribution in [0.3, 0.4) is 0 Å². The fraction of sp³-hybridized carbons (Fsp3) is 0.391. The zero-order valence-electron chi connectivity index (χ0n) is 17.3. The first-order valence-corrected chi connectivity index (χ1v) is 9.87. The highest BCUT2D eigenvalue weighted by atomic mass is 16.2. The normalized spacial score (nSPS) is 10.9. The predicted octanol–water partition coefficient (Wildman–Crippen LogP) is 4.41. The molecule has 0 heterocycles. The summed E-state index contributed by atoms with van der Waals surface area (Å²) in [5.41, 5.74) is 3.76. The van der Waals surface area contributed by atoms with Crippen molar-refractivity contribution in [2.24, 2.45) is 0 Å². The Labute approximate surface area is 168 Å². The quantitative estimate of drug-likeness (QED) is 0.676. The summed E-state index contributed by atoms with van der Waals surface area (Å²) in [6.07, 6.45) is 0.869. The van der Waals surface area contributed by atoms with Crippen LogP contribution in [0.15, 0.2) is 48.5 Å². The Kier molecular flexibility index (Phi) is 8.20. The second-order valence-corrected chi connectivity index (χ2v) is 7.36. The summed E-state index contributed by atoms with van der Waals surface area (Å²) in [6, 6.07) is 15.5. The number of carbonyl (C=O) groups is 2. The second kappa shape index (κ2) is 10.6. The molecule has 0 atom stereocenters. The Bertz CT molecular complexity index is 802. The van der Waals surface area contributed by atoms with Gasteiger partial charge in [-0.05, 0) is 49.1 Å². The Morgan fingerprint density at radius 2 is 1.43 bits per heavy atom. The van der Waals surface area contributed by atoms with Crippen molar-refractivity contribution < 1.29 is 9.59 Å². The lowest BCUT2D eigenvalue weighted by atomic mass is 10.0. The van der Waals surface area contributed by atoms with Crippen LogP contribution in [0.4, 0.5) is 11.4 Å². The van der Waals surface area contributed by atoms with Crippen LogP contribution < -0.4 is 10.6 Å². The van der Waals surface area contributed by atoms with E-state index in [0.717, 1.165) is 28.9 Å². The molecule has 2 aromatic carbocycles. The third-order valence-electron chi connectivity index (χ3n) is 4.55. The monoisotopic (exact) mass is 381 g/mol. The summed E-state index contributed by atoms with van der Waals surface area (Å²) in [5.74, 6) is 0.103. The van der Waals surface area contributed by atoms with Crippen LogP contribution in [0.5, 0.6) is 0 Å². The lowest BCUT2D eigenvalue weighted by Crippen LogP contribution is -2.39. The van der Waals surface area contributed by atoms with Gasteiger partial charge in [-0.25, -0.2) is 0 Å². The van der Waals surface area contributed by atoms with E-state index in [2.05, 4.69) is 24.5 Å². The smallest absolute Gasteiger partial charge is 0.238 e. The zero-order valence-corrected chi connectivity index (χ0v) is 17.3. The first-order valence-electron chi connectivity index (χ1n) is 9.87. The minimum atomic E-state index is -0.113. The van der Waals surface area contributed by atoms with Gasteiger partial charge in [0.1, 0.15) is 0 Å². The molecule has 0 saturated heterocycles. The van der Waals surface area contributed by atoms with Crippen molar-refractivity contribution in [2.45, 2.75) is 40.0 Å². The maximum absolute atomic E-state index is 12.6.